The zero-order valence-corrected chi connectivity index (χ0v) is 21.6. The first-order valence-corrected chi connectivity index (χ1v) is 13.2. The van der Waals surface area contributed by atoms with Crippen LogP contribution in [0.15, 0.2) is 82.8 Å². The monoisotopic (exact) mass is 512 g/mol. The van der Waals surface area contributed by atoms with E-state index in [2.05, 4.69) is 36.5 Å². The van der Waals surface area contributed by atoms with E-state index in [9.17, 15) is 9.59 Å². The van der Waals surface area contributed by atoms with E-state index in [4.69, 9.17) is 14.7 Å². The van der Waals surface area contributed by atoms with Gasteiger partial charge in [-0.25, -0.2) is 9.89 Å². The Morgan fingerprint density at radius 1 is 1.03 bits per heavy atom. The highest BCUT2D eigenvalue weighted by Crippen LogP contribution is 2.35. The van der Waals surface area contributed by atoms with E-state index >= 15 is 0 Å². The first-order chi connectivity index (χ1) is 18.0. The lowest BCUT2D eigenvalue weighted by atomic mass is 10.1. The maximum absolute atomic E-state index is 13.4. The van der Waals surface area contributed by atoms with Crippen LogP contribution in [0, 0.1) is 6.92 Å². The first kappa shape index (κ1) is 24.8. The van der Waals surface area contributed by atoms with Crippen molar-refractivity contribution in [1.82, 2.24) is 10.2 Å². The highest BCUT2D eigenvalue weighted by molar-refractivity contribution is 8.13. The summed E-state index contributed by atoms with van der Waals surface area (Å²) in [5, 5.41) is 3.54. The van der Waals surface area contributed by atoms with Gasteiger partial charge < -0.3 is 10.1 Å². The molecule has 0 unspecified atom stereocenters. The minimum Gasteiger partial charge on any atom is -0.497 e. The van der Waals surface area contributed by atoms with E-state index in [0.29, 0.717) is 29.7 Å². The van der Waals surface area contributed by atoms with E-state index in [1.165, 1.54) is 17.3 Å². The van der Waals surface area contributed by atoms with Crippen molar-refractivity contribution in [2.75, 3.05) is 7.11 Å². The number of methoxy groups -OCH3 is 1. The molecule has 0 aromatic heterocycles. The molecule has 5 rings (SSSR count). The Kier molecular flexibility index (Phi) is 7.37. The SMILES string of the molecule is COc1ccc(CNC(=O)CC[C@@H]2N=C3c4ccccc4N=C(SCc4ccc(C)cc4)N3C2=O)cc1. The second-order valence-electron chi connectivity index (χ2n) is 8.99. The lowest BCUT2D eigenvalue weighted by Crippen LogP contribution is -2.41. The van der Waals surface area contributed by atoms with Crippen molar-refractivity contribution in [2.24, 2.45) is 9.98 Å². The molecule has 8 heteroatoms. The van der Waals surface area contributed by atoms with Gasteiger partial charge in [0.15, 0.2) is 5.17 Å². The largest absolute Gasteiger partial charge is 0.497 e. The summed E-state index contributed by atoms with van der Waals surface area (Å²) in [6.07, 6.45) is 0.549. The summed E-state index contributed by atoms with van der Waals surface area (Å²) >= 11 is 1.52. The van der Waals surface area contributed by atoms with Gasteiger partial charge in [0.2, 0.25) is 5.91 Å². The molecule has 2 aliphatic heterocycles. The van der Waals surface area contributed by atoms with Gasteiger partial charge in [0.25, 0.3) is 5.91 Å². The molecule has 1 atom stereocenters. The number of aliphatic imine (C=N–C) groups is 2. The smallest absolute Gasteiger partial charge is 0.259 e. The van der Waals surface area contributed by atoms with Crippen molar-refractivity contribution in [1.29, 1.82) is 0 Å². The van der Waals surface area contributed by atoms with Crippen LogP contribution in [-0.2, 0) is 21.9 Å². The van der Waals surface area contributed by atoms with Crippen LogP contribution >= 0.6 is 11.8 Å². The number of rotatable bonds is 8. The van der Waals surface area contributed by atoms with E-state index in [0.717, 1.165) is 28.1 Å². The van der Waals surface area contributed by atoms with Gasteiger partial charge in [-0.15, -0.1) is 0 Å². The van der Waals surface area contributed by atoms with Crippen LogP contribution in [-0.4, -0.2) is 40.9 Å². The van der Waals surface area contributed by atoms with E-state index in [1.54, 1.807) is 12.0 Å². The molecule has 2 amide bonds. The third-order valence-corrected chi connectivity index (χ3v) is 7.34. The molecule has 1 N–H and O–H groups in total. The normalized spacial score (nSPS) is 16.0. The number of amides is 2. The van der Waals surface area contributed by atoms with E-state index in [1.807, 2.05) is 48.5 Å². The van der Waals surface area contributed by atoms with Gasteiger partial charge in [0, 0.05) is 24.3 Å². The molecular weight excluding hydrogens is 484 g/mol. The maximum Gasteiger partial charge on any atom is 0.259 e. The summed E-state index contributed by atoms with van der Waals surface area (Å²) in [5.74, 6) is 1.83. The molecule has 0 bridgehead atoms. The fraction of sp³-hybridized carbons (Fsp3) is 0.241. The molecule has 7 nitrogen and oxygen atoms in total. The number of amidine groups is 2. The summed E-state index contributed by atoms with van der Waals surface area (Å²) in [6.45, 7) is 2.48. The van der Waals surface area contributed by atoms with Crippen LogP contribution in [0.2, 0.25) is 0 Å². The topological polar surface area (TPSA) is 83.4 Å². The Balaban J connectivity index is 1.25. The number of benzene rings is 3. The molecule has 188 valence electrons. The van der Waals surface area contributed by atoms with Gasteiger partial charge >= 0.3 is 0 Å². The highest BCUT2D eigenvalue weighted by atomic mass is 32.2. The number of fused-ring (bicyclic) bond motifs is 3. The zero-order chi connectivity index (χ0) is 25.8. The van der Waals surface area contributed by atoms with Crippen molar-refractivity contribution in [3.63, 3.8) is 0 Å². The third-order valence-electron chi connectivity index (χ3n) is 6.33. The molecule has 0 saturated carbocycles. The molecule has 0 radical (unpaired) electrons. The van der Waals surface area contributed by atoms with Crippen LogP contribution in [0.25, 0.3) is 0 Å². The van der Waals surface area contributed by atoms with Gasteiger partial charge in [-0.1, -0.05) is 65.9 Å². The molecule has 2 heterocycles. The van der Waals surface area contributed by atoms with E-state index < -0.39 is 6.04 Å². The van der Waals surface area contributed by atoms with Crippen molar-refractivity contribution < 1.29 is 14.3 Å². The Morgan fingerprint density at radius 3 is 2.51 bits per heavy atom. The number of aryl methyl sites for hydroxylation is 1. The van der Waals surface area contributed by atoms with Gasteiger partial charge in [-0.3, -0.25) is 14.6 Å². The van der Waals surface area contributed by atoms with E-state index in [-0.39, 0.29) is 18.2 Å². The quantitative estimate of drug-likeness (QED) is 0.461. The number of thioether (sulfide) groups is 1. The van der Waals surface area contributed by atoms with Gasteiger partial charge in [0.05, 0.1) is 12.8 Å². The summed E-state index contributed by atoms with van der Waals surface area (Å²) in [4.78, 5) is 37.1. The van der Waals surface area contributed by atoms with Gasteiger partial charge in [-0.2, -0.15) is 0 Å². The highest BCUT2D eigenvalue weighted by Gasteiger charge is 2.41. The van der Waals surface area contributed by atoms with Crippen LogP contribution in [0.3, 0.4) is 0 Å². The summed E-state index contributed by atoms with van der Waals surface area (Å²) in [7, 11) is 1.62. The first-order valence-electron chi connectivity index (χ1n) is 12.2. The molecule has 0 saturated heterocycles. The molecule has 0 aliphatic carbocycles. The summed E-state index contributed by atoms with van der Waals surface area (Å²) < 4.78 is 5.17. The van der Waals surface area contributed by atoms with Crippen molar-refractivity contribution in [3.05, 3.63) is 95.1 Å². The average molecular weight is 513 g/mol. The number of ether oxygens (including phenoxy) is 1. The predicted molar refractivity (Wildman–Crippen MR) is 147 cm³/mol. The van der Waals surface area contributed by atoms with Gasteiger partial charge in [-0.05, 0) is 48.7 Å². The number of hydrogen-bond acceptors (Lipinski definition) is 6. The minimum atomic E-state index is -0.613. The lowest BCUT2D eigenvalue weighted by Gasteiger charge is -2.25. The van der Waals surface area contributed by atoms with Gasteiger partial charge in [0.1, 0.15) is 17.6 Å². The van der Waals surface area contributed by atoms with Crippen molar-refractivity contribution in [2.45, 2.75) is 38.1 Å². The predicted octanol–water partition coefficient (Wildman–Crippen LogP) is 4.99. The second kappa shape index (κ2) is 11.0. The number of nitrogens with one attached hydrogen (secondary N) is 1. The molecule has 37 heavy (non-hydrogen) atoms. The van der Waals surface area contributed by atoms with Crippen LogP contribution in [0.1, 0.15) is 35.1 Å². The second-order valence-corrected chi connectivity index (χ2v) is 9.93. The Bertz CT molecular complexity index is 1370. The Labute approximate surface area is 220 Å². The van der Waals surface area contributed by atoms with Crippen molar-refractivity contribution >= 4 is 40.3 Å². The molecule has 3 aromatic carbocycles. The van der Waals surface area contributed by atoms with Crippen LogP contribution in [0.4, 0.5) is 5.69 Å². The Hall–Kier alpha value is -3.91. The minimum absolute atomic E-state index is 0.114. The third kappa shape index (κ3) is 5.59. The van der Waals surface area contributed by atoms with Crippen molar-refractivity contribution in [3.8, 4) is 5.75 Å². The van der Waals surface area contributed by atoms with Crippen LogP contribution in [0.5, 0.6) is 5.75 Å². The lowest BCUT2D eigenvalue weighted by molar-refractivity contribution is -0.125. The number of carbonyl (C=O) groups excluding carboxylic acids is 2. The summed E-state index contributed by atoms with van der Waals surface area (Å²) in [5.41, 5.74) is 4.98. The molecule has 0 fully saturated rings. The fourth-order valence-electron chi connectivity index (χ4n) is 4.22. The number of carbonyl (C=O) groups is 2. The molecular formula is C29H28N4O3S. The number of nitrogens with zero attached hydrogens (tertiary/aromatic N) is 3. The average Bonchev–Trinajstić information content (AvgIpc) is 3.27. The number of hydrogen-bond donors (Lipinski definition) is 1. The Morgan fingerprint density at radius 2 is 1.76 bits per heavy atom. The summed E-state index contributed by atoms with van der Waals surface area (Å²) in [6, 6.07) is 23.0. The zero-order valence-electron chi connectivity index (χ0n) is 20.8. The molecule has 0 spiro atoms. The molecule has 3 aromatic rings. The standard InChI is InChI=1S/C29H28N4O3S/c1-19-7-9-21(10-8-19)18-37-29-32-24-6-4-3-5-23(24)27-31-25(28(35)33(27)29)15-16-26(34)30-17-20-11-13-22(36-2)14-12-20/h3-14,25H,15-18H2,1-2H3,(H,30,34)/t25-/m0/s1. The number of para-hydroxylation sites is 1. The van der Waals surface area contributed by atoms with Crippen LogP contribution < -0.4 is 10.1 Å². The molecule has 2 aliphatic rings. The maximum atomic E-state index is 13.4. The fourth-order valence-corrected chi connectivity index (χ4v) is 5.18.